The molecule has 0 spiro atoms. The van der Waals surface area contributed by atoms with Crippen molar-refractivity contribution in [3.63, 3.8) is 0 Å². The number of ether oxygens (including phenoxy) is 6. The van der Waals surface area contributed by atoms with Crippen molar-refractivity contribution >= 4 is 32.3 Å². The number of carbonyl (C=O) groups is 4. The maximum absolute atomic E-state index is 14.9. The number of morpholine rings is 1. The summed E-state index contributed by atoms with van der Waals surface area (Å²) in [5.74, 6) is -2.79. The van der Waals surface area contributed by atoms with Gasteiger partial charge < -0.3 is 48.2 Å². The number of rotatable bonds is 12. The maximum Gasteiger partial charge on any atom is 0.408 e. The summed E-state index contributed by atoms with van der Waals surface area (Å²) in [6.45, 7) is 12.1. The van der Waals surface area contributed by atoms with Crippen molar-refractivity contribution in [3.8, 4) is 17.2 Å². The Labute approximate surface area is 299 Å². The molecule has 14 nitrogen and oxygen atoms in total. The first kappa shape index (κ1) is 39.4. The summed E-state index contributed by atoms with van der Waals surface area (Å²) >= 11 is 0. The summed E-state index contributed by atoms with van der Waals surface area (Å²) in [4.78, 5) is 55.1. The summed E-state index contributed by atoms with van der Waals surface area (Å²) in [6, 6.07) is 5.60. The van der Waals surface area contributed by atoms with Gasteiger partial charge in [0.25, 0.3) is 8.32 Å². The maximum atomic E-state index is 14.9. The van der Waals surface area contributed by atoms with Crippen LogP contribution in [0.3, 0.4) is 0 Å². The third-order valence-corrected chi connectivity index (χ3v) is 14.3. The average Bonchev–Trinajstić information content (AvgIpc) is 3.09. The second kappa shape index (κ2) is 15.9. The van der Waals surface area contributed by atoms with Crippen LogP contribution in [0.5, 0.6) is 17.2 Å². The molecular weight excluding hydrogens is 680 g/mol. The van der Waals surface area contributed by atoms with E-state index in [4.69, 9.17) is 32.8 Å². The molecule has 0 saturated carbocycles. The number of fused-ring (bicyclic) bond motifs is 4. The Morgan fingerprint density at radius 1 is 0.980 bits per heavy atom. The van der Waals surface area contributed by atoms with E-state index >= 15 is 0 Å². The Balaban J connectivity index is 1.84. The van der Waals surface area contributed by atoms with E-state index in [0.717, 1.165) is 19.8 Å². The van der Waals surface area contributed by atoms with E-state index < -0.39 is 69.0 Å². The lowest BCUT2D eigenvalue weighted by molar-refractivity contribution is -0.209. The molecule has 0 aromatic heterocycles. The van der Waals surface area contributed by atoms with Crippen molar-refractivity contribution in [2.24, 2.45) is 5.92 Å². The molecule has 0 aliphatic carbocycles. The van der Waals surface area contributed by atoms with E-state index in [0.29, 0.717) is 33.9 Å². The summed E-state index contributed by atoms with van der Waals surface area (Å²) in [5, 5.41) is 13.6. The van der Waals surface area contributed by atoms with Gasteiger partial charge in [0, 0.05) is 29.5 Å². The van der Waals surface area contributed by atoms with E-state index in [9.17, 15) is 24.3 Å². The van der Waals surface area contributed by atoms with Crippen LogP contribution in [-0.4, -0.2) is 95.7 Å². The number of aliphatic hydroxyl groups excluding tert-OH is 1. The van der Waals surface area contributed by atoms with Gasteiger partial charge in [-0.3, -0.25) is 14.4 Å². The zero-order valence-corrected chi connectivity index (χ0v) is 32.0. The van der Waals surface area contributed by atoms with Crippen molar-refractivity contribution in [2.45, 2.75) is 89.7 Å². The number of hydrogen-bond donors (Lipinski definition) is 2. The second-order valence-corrected chi connectivity index (χ2v) is 18.8. The van der Waals surface area contributed by atoms with Crippen LogP contribution in [0.15, 0.2) is 30.3 Å². The van der Waals surface area contributed by atoms with E-state index in [1.165, 1.54) is 19.1 Å². The van der Waals surface area contributed by atoms with Crippen molar-refractivity contribution in [1.82, 2.24) is 10.2 Å². The highest BCUT2D eigenvalue weighted by atomic mass is 28.4. The predicted molar refractivity (Wildman–Crippen MR) is 187 cm³/mol. The van der Waals surface area contributed by atoms with Gasteiger partial charge in [0.1, 0.15) is 18.4 Å². The highest BCUT2D eigenvalue weighted by molar-refractivity contribution is 6.74. The van der Waals surface area contributed by atoms with Gasteiger partial charge in [-0.15, -0.1) is 0 Å². The molecular formula is C36H50N2O12Si. The summed E-state index contributed by atoms with van der Waals surface area (Å²) in [7, 11) is 2.74. The summed E-state index contributed by atoms with van der Waals surface area (Å²) in [5.41, 5.74) is 2.70. The number of aliphatic hydroxyl groups is 1. The number of methoxy groups -OCH3 is 4. The molecule has 2 heterocycles. The zero-order valence-electron chi connectivity index (χ0n) is 31.0. The van der Waals surface area contributed by atoms with Crippen LogP contribution in [0.25, 0.3) is 0 Å². The van der Waals surface area contributed by atoms with Gasteiger partial charge in [-0.2, -0.15) is 0 Å². The number of benzene rings is 2. The third kappa shape index (κ3) is 8.10. The van der Waals surface area contributed by atoms with Crippen LogP contribution < -0.4 is 19.2 Å². The van der Waals surface area contributed by atoms with Gasteiger partial charge in [0.15, 0.2) is 23.7 Å². The fourth-order valence-electron chi connectivity index (χ4n) is 6.28. The minimum absolute atomic E-state index is 0.0865. The van der Waals surface area contributed by atoms with E-state index in [2.05, 4.69) is 39.2 Å². The molecule has 2 aliphatic heterocycles. The lowest BCUT2D eigenvalue weighted by atomic mass is 9.82. The molecule has 4 atom stereocenters. The van der Waals surface area contributed by atoms with Crippen molar-refractivity contribution in [3.05, 3.63) is 52.6 Å². The Morgan fingerprint density at radius 3 is 2.14 bits per heavy atom. The fourth-order valence-corrected chi connectivity index (χ4v) is 7.30. The van der Waals surface area contributed by atoms with Crippen molar-refractivity contribution < 1.29 is 57.1 Å². The highest BCUT2D eigenvalue weighted by Crippen LogP contribution is 2.54. The Bertz CT molecular complexity index is 1590. The standard InChI is InChI=1S/C36H50N2O12Si/c1-20-28(44-5)22-17-25-34(42)48-19-26(27(22)30(29(20)45-6)50-51(9,10)36(2,3)4)38(25)31(39)24(16-23(32(40)46-7)33(41)47-8)37-35(43)49-18-21-14-12-11-13-15-21/h11-15,23-26,34,42H,16-19H2,1-10H3,(H,37,43)/t24-,25-,26-,34?/m0/s1. The molecule has 2 aromatic carbocycles. The van der Waals surface area contributed by atoms with Crippen LogP contribution in [0.1, 0.15) is 55.5 Å². The number of nitrogens with one attached hydrogen (secondary N) is 1. The fraction of sp³-hybridized carbons (Fsp3) is 0.556. The molecule has 1 fully saturated rings. The van der Waals surface area contributed by atoms with Gasteiger partial charge in [0.2, 0.25) is 5.91 Å². The predicted octanol–water partition coefficient (Wildman–Crippen LogP) is 4.19. The third-order valence-electron chi connectivity index (χ3n) is 10.00. The lowest BCUT2D eigenvalue weighted by Gasteiger charge is -2.51. The monoisotopic (exact) mass is 730 g/mol. The number of alkyl carbamates (subject to hydrolysis) is 1. The number of hydrogen-bond acceptors (Lipinski definition) is 12. The largest absolute Gasteiger partial charge is 0.541 e. The lowest BCUT2D eigenvalue weighted by Crippen LogP contribution is -2.63. The van der Waals surface area contributed by atoms with Crippen LogP contribution in [0.2, 0.25) is 18.1 Å². The minimum Gasteiger partial charge on any atom is -0.541 e. The Kier molecular flexibility index (Phi) is 12.3. The SMILES string of the molecule is COC(=O)C(C[C@H](NC(=O)OCc1ccccc1)C(=O)N1[C@H]2COC(O)[C@@H]1Cc1c(OC)c(C)c(OC)c(O[Si](C)(C)C(C)(C)C)c12)C(=O)OC. The number of nitrogens with zero attached hydrogens (tertiary/aromatic N) is 1. The van der Waals surface area contributed by atoms with E-state index in [1.54, 1.807) is 24.3 Å². The van der Waals surface area contributed by atoms with Gasteiger partial charge in [-0.1, -0.05) is 51.1 Å². The van der Waals surface area contributed by atoms with Gasteiger partial charge in [-0.25, -0.2) is 4.79 Å². The van der Waals surface area contributed by atoms with Crippen LogP contribution in [0, 0.1) is 12.8 Å². The van der Waals surface area contributed by atoms with Gasteiger partial charge in [0.05, 0.1) is 47.1 Å². The first-order chi connectivity index (χ1) is 24.0. The second-order valence-electron chi connectivity index (χ2n) is 14.1. The Hall–Kier alpha value is -4.34. The topological polar surface area (TPSA) is 168 Å². The molecule has 280 valence electrons. The van der Waals surface area contributed by atoms with E-state index in [1.807, 2.05) is 13.0 Å². The first-order valence-corrected chi connectivity index (χ1v) is 19.6. The average molecular weight is 731 g/mol. The van der Waals surface area contributed by atoms with Crippen molar-refractivity contribution in [1.29, 1.82) is 0 Å². The summed E-state index contributed by atoms with van der Waals surface area (Å²) in [6.07, 6.45) is -2.82. The zero-order chi connectivity index (χ0) is 37.8. The van der Waals surface area contributed by atoms with Gasteiger partial charge in [-0.05, 0) is 30.6 Å². The molecule has 15 heteroatoms. The number of esters is 2. The molecule has 2 amide bonds. The van der Waals surface area contributed by atoms with Crippen molar-refractivity contribution in [2.75, 3.05) is 35.0 Å². The summed E-state index contributed by atoms with van der Waals surface area (Å²) < 4.78 is 39.8. The minimum atomic E-state index is -2.53. The molecule has 0 radical (unpaired) electrons. The highest BCUT2D eigenvalue weighted by Gasteiger charge is 2.52. The molecule has 2 aliphatic rings. The molecule has 1 unspecified atom stereocenters. The normalized spacial score (nSPS) is 19.0. The van der Waals surface area contributed by atoms with E-state index in [-0.39, 0.29) is 24.7 Å². The molecule has 2 N–H and O–H groups in total. The molecule has 4 rings (SSSR count). The van der Waals surface area contributed by atoms with Crippen LogP contribution >= 0.6 is 0 Å². The number of carbonyl (C=O) groups excluding carboxylic acids is 4. The molecule has 1 saturated heterocycles. The number of amides is 2. The van der Waals surface area contributed by atoms with Gasteiger partial charge >= 0.3 is 18.0 Å². The first-order valence-electron chi connectivity index (χ1n) is 16.7. The quantitative estimate of drug-likeness (QED) is 0.139. The Morgan fingerprint density at radius 2 is 1.59 bits per heavy atom. The molecule has 2 bridgehead atoms. The van der Waals surface area contributed by atoms with Crippen LogP contribution in [0.4, 0.5) is 4.79 Å². The molecule has 2 aromatic rings. The van der Waals surface area contributed by atoms with Crippen LogP contribution in [-0.2, 0) is 46.4 Å². The molecule has 51 heavy (non-hydrogen) atoms. The smallest absolute Gasteiger partial charge is 0.408 e.